The fourth-order valence-corrected chi connectivity index (χ4v) is 2.64. The zero-order chi connectivity index (χ0) is 18.2. The Balaban J connectivity index is 1.95. The van der Waals surface area contributed by atoms with Gasteiger partial charge in [-0.25, -0.2) is 0 Å². The third-order valence-electron chi connectivity index (χ3n) is 4.07. The summed E-state index contributed by atoms with van der Waals surface area (Å²) in [5.41, 5.74) is 2.05. The average molecular weight is 342 g/mol. The van der Waals surface area contributed by atoms with E-state index in [9.17, 15) is 4.79 Å². The molecule has 0 unspecified atom stereocenters. The number of carbonyl (C=O) groups is 1. The van der Waals surface area contributed by atoms with Gasteiger partial charge in [-0.1, -0.05) is 36.4 Å². The molecule has 5 nitrogen and oxygen atoms in total. The summed E-state index contributed by atoms with van der Waals surface area (Å²) >= 11 is 0. The summed E-state index contributed by atoms with van der Waals surface area (Å²) in [6, 6.07) is 15.5. The number of carbonyl (C=O) groups excluding carboxylic acids is 1. The third-order valence-corrected chi connectivity index (χ3v) is 4.07. The van der Waals surface area contributed by atoms with Crippen molar-refractivity contribution >= 4 is 5.91 Å². The van der Waals surface area contributed by atoms with Gasteiger partial charge in [0, 0.05) is 12.1 Å². The van der Waals surface area contributed by atoms with Gasteiger partial charge >= 0.3 is 0 Å². The second-order valence-corrected chi connectivity index (χ2v) is 6.08. The van der Waals surface area contributed by atoms with E-state index in [4.69, 9.17) is 9.47 Å². The van der Waals surface area contributed by atoms with Gasteiger partial charge in [-0.05, 0) is 38.7 Å². The smallest absolute Gasteiger partial charge is 0.258 e. The van der Waals surface area contributed by atoms with Crippen molar-refractivity contribution in [2.24, 2.45) is 0 Å². The summed E-state index contributed by atoms with van der Waals surface area (Å²) in [7, 11) is 5.61. The Morgan fingerprint density at radius 2 is 1.72 bits per heavy atom. The maximum absolute atomic E-state index is 12.2. The van der Waals surface area contributed by atoms with Crippen LogP contribution in [0.1, 0.15) is 17.2 Å². The second-order valence-electron chi connectivity index (χ2n) is 6.08. The number of nitrogens with one attached hydrogen (secondary N) is 1. The number of likely N-dealkylation sites (N-methyl/N-ethyl adjacent to an activating group) is 1. The Kier molecular flexibility index (Phi) is 6.83. The summed E-state index contributed by atoms with van der Waals surface area (Å²) in [5, 5.41) is 2.94. The van der Waals surface area contributed by atoms with Crippen LogP contribution in [0.25, 0.3) is 0 Å². The quantitative estimate of drug-likeness (QED) is 0.801. The molecule has 1 amide bonds. The van der Waals surface area contributed by atoms with Gasteiger partial charge in [0.1, 0.15) is 11.5 Å². The maximum Gasteiger partial charge on any atom is 0.258 e. The molecule has 0 aliphatic rings. The van der Waals surface area contributed by atoms with Crippen LogP contribution in [0.3, 0.4) is 0 Å². The minimum atomic E-state index is -0.148. The van der Waals surface area contributed by atoms with Crippen molar-refractivity contribution in [3.05, 3.63) is 59.7 Å². The minimum absolute atomic E-state index is 0.00305. The van der Waals surface area contributed by atoms with Crippen molar-refractivity contribution in [2.45, 2.75) is 13.0 Å². The highest BCUT2D eigenvalue weighted by Gasteiger charge is 2.19. The topological polar surface area (TPSA) is 50.8 Å². The van der Waals surface area contributed by atoms with E-state index in [0.29, 0.717) is 6.54 Å². The van der Waals surface area contributed by atoms with Gasteiger partial charge in [0.25, 0.3) is 5.91 Å². The summed E-state index contributed by atoms with van der Waals surface area (Å²) in [4.78, 5) is 14.2. The number of rotatable bonds is 8. The van der Waals surface area contributed by atoms with Crippen LogP contribution in [0, 0.1) is 6.92 Å². The normalized spacial score (nSPS) is 11.9. The lowest BCUT2D eigenvalue weighted by Crippen LogP contribution is -2.37. The molecule has 0 aliphatic heterocycles. The molecule has 0 bridgehead atoms. The second kappa shape index (κ2) is 9.08. The zero-order valence-electron chi connectivity index (χ0n) is 15.3. The Bertz CT molecular complexity index is 701. The highest BCUT2D eigenvalue weighted by molar-refractivity contribution is 5.77. The van der Waals surface area contributed by atoms with Gasteiger partial charge in [-0.3, -0.25) is 4.79 Å². The SMILES string of the molecule is COc1ccccc1[C@@H](CNC(=O)COc1ccccc1C)N(C)C. The van der Waals surface area contributed by atoms with Gasteiger partial charge in [0.05, 0.1) is 13.2 Å². The van der Waals surface area contributed by atoms with Crippen LogP contribution in [0.2, 0.25) is 0 Å². The number of aryl methyl sites for hydroxylation is 1. The van der Waals surface area contributed by atoms with Crippen molar-refractivity contribution in [1.29, 1.82) is 0 Å². The lowest BCUT2D eigenvalue weighted by Gasteiger charge is -2.26. The minimum Gasteiger partial charge on any atom is -0.496 e. The number of amides is 1. The van der Waals surface area contributed by atoms with Crippen LogP contribution in [0.15, 0.2) is 48.5 Å². The first-order valence-corrected chi connectivity index (χ1v) is 8.27. The van der Waals surface area contributed by atoms with E-state index in [1.54, 1.807) is 7.11 Å². The fourth-order valence-electron chi connectivity index (χ4n) is 2.64. The Labute approximate surface area is 149 Å². The first kappa shape index (κ1) is 18.8. The Hall–Kier alpha value is -2.53. The summed E-state index contributed by atoms with van der Waals surface area (Å²) in [6.45, 7) is 2.43. The van der Waals surface area contributed by atoms with Gasteiger partial charge in [0.15, 0.2) is 6.61 Å². The predicted molar refractivity (Wildman–Crippen MR) is 99.1 cm³/mol. The van der Waals surface area contributed by atoms with E-state index >= 15 is 0 Å². The number of hydrogen-bond donors (Lipinski definition) is 1. The van der Waals surface area contributed by atoms with Crippen molar-refractivity contribution < 1.29 is 14.3 Å². The molecule has 134 valence electrons. The number of hydrogen-bond acceptors (Lipinski definition) is 4. The summed E-state index contributed by atoms with van der Waals surface area (Å²) in [5.74, 6) is 1.39. The van der Waals surface area contributed by atoms with Crippen molar-refractivity contribution in [1.82, 2.24) is 10.2 Å². The van der Waals surface area contributed by atoms with Gasteiger partial charge in [-0.15, -0.1) is 0 Å². The number of ether oxygens (including phenoxy) is 2. The first-order chi connectivity index (χ1) is 12.0. The molecule has 5 heteroatoms. The van der Waals surface area contributed by atoms with Crippen LogP contribution >= 0.6 is 0 Å². The highest BCUT2D eigenvalue weighted by atomic mass is 16.5. The lowest BCUT2D eigenvalue weighted by molar-refractivity contribution is -0.123. The van der Waals surface area contributed by atoms with E-state index < -0.39 is 0 Å². The molecule has 0 saturated carbocycles. The van der Waals surface area contributed by atoms with Crippen LogP contribution in [0.5, 0.6) is 11.5 Å². The molecular weight excluding hydrogens is 316 g/mol. The third kappa shape index (κ3) is 5.22. The van der Waals surface area contributed by atoms with Crippen molar-refractivity contribution in [3.8, 4) is 11.5 Å². The molecule has 25 heavy (non-hydrogen) atoms. The Morgan fingerprint density at radius 3 is 2.36 bits per heavy atom. The van der Waals surface area contributed by atoms with Crippen LogP contribution in [-0.2, 0) is 4.79 Å². The fraction of sp³-hybridized carbons (Fsp3) is 0.350. The van der Waals surface area contributed by atoms with Gasteiger partial charge < -0.3 is 19.7 Å². The monoisotopic (exact) mass is 342 g/mol. The van der Waals surface area contributed by atoms with E-state index in [0.717, 1.165) is 22.6 Å². The number of nitrogens with zero attached hydrogens (tertiary/aromatic N) is 1. The molecule has 2 aromatic rings. The molecule has 0 spiro atoms. The predicted octanol–water partition coefficient (Wildman–Crippen LogP) is 2.80. The lowest BCUT2D eigenvalue weighted by atomic mass is 10.0. The van der Waals surface area contributed by atoms with Crippen LogP contribution in [-0.4, -0.2) is 45.2 Å². The highest BCUT2D eigenvalue weighted by Crippen LogP contribution is 2.27. The maximum atomic E-state index is 12.2. The van der Waals surface area contributed by atoms with Crippen LogP contribution in [0.4, 0.5) is 0 Å². The van der Waals surface area contributed by atoms with E-state index in [1.165, 1.54) is 0 Å². The van der Waals surface area contributed by atoms with Gasteiger partial charge in [0.2, 0.25) is 0 Å². The van der Waals surface area contributed by atoms with Crippen molar-refractivity contribution in [3.63, 3.8) is 0 Å². The molecule has 2 aromatic carbocycles. The Morgan fingerprint density at radius 1 is 1.08 bits per heavy atom. The van der Waals surface area contributed by atoms with Gasteiger partial charge in [-0.2, -0.15) is 0 Å². The van der Waals surface area contributed by atoms with E-state index in [1.807, 2.05) is 69.6 Å². The number of methoxy groups -OCH3 is 1. The van der Waals surface area contributed by atoms with Crippen molar-refractivity contribution in [2.75, 3.05) is 34.4 Å². The van der Waals surface area contributed by atoms with E-state index in [2.05, 4.69) is 10.2 Å². The summed E-state index contributed by atoms with van der Waals surface area (Å²) < 4.78 is 11.0. The standard InChI is InChI=1S/C20H26N2O3/c1-15-9-5-7-11-18(15)25-14-20(23)21-13-17(22(2)3)16-10-6-8-12-19(16)24-4/h5-12,17H,13-14H2,1-4H3,(H,21,23)/t17-/m1/s1. The molecule has 0 saturated heterocycles. The van der Waals surface area contributed by atoms with Crippen LogP contribution < -0.4 is 14.8 Å². The zero-order valence-corrected chi connectivity index (χ0v) is 15.3. The molecule has 1 atom stereocenters. The molecule has 0 aliphatic carbocycles. The number of benzene rings is 2. The number of para-hydroxylation sites is 2. The molecule has 0 fully saturated rings. The average Bonchev–Trinajstić information content (AvgIpc) is 2.61. The largest absolute Gasteiger partial charge is 0.496 e. The molecule has 1 N–H and O–H groups in total. The molecule has 0 aromatic heterocycles. The van der Waals surface area contributed by atoms with E-state index in [-0.39, 0.29) is 18.6 Å². The molecule has 0 radical (unpaired) electrons. The molecule has 2 rings (SSSR count). The first-order valence-electron chi connectivity index (χ1n) is 8.27. The molecular formula is C20H26N2O3. The summed E-state index contributed by atoms with van der Waals surface area (Å²) in [6.07, 6.45) is 0. The molecule has 0 heterocycles.